The average molecular weight is 426 g/mol. The van der Waals surface area contributed by atoms with Gasteiger partial charge in [-0.05, 0) is 36.6 Å². The first-order valence-electron chi connectivity index (χ1n) is 8.82. The fraction of sp³-hybridized carbons (Fsp3) is 0.400. The summed E-state index contributed by atoms with van der Waals surface area (Å²) in [7, 11) is 1.50. The maximum atomic E-state index is 10.9. The van der Waals surface area contributed by atoms with Crippen LogP contribution in [-0.2, 0) is 9.53 Å². The van der Waals surface area contributed by atoms with E-state index >= 15 is 0 Å². The number of nitrogens with zero attached hydrogens (tertiary/aromatic N) is 1. The predicted molar refractivity (Wildman–Crippen MR) is 105 cm³/mol. The minimum atomic E-state index is -0.905. The molecule has 1 aromatic carbocycles. The van der Waals surface area contributed by atoms with Crippen molar-refractivity contribution in [2.75, 3.05) is 20.3 Å². The lowest BCUT2D eigenvalue weighted by Crippen LogP contribution is -2.21. The molecule has 0 bridgehead atoms. The third-order valence-electron chi connectivity index (χ3n) is 4.69. The molecule has 1 aliphatic carbocycles. The third-order valence-corrected chi connectivity index (χ3v) is 5.17. The van der Waals surface area contributed by atoms with E-state index in [9.17, 15) is 4.79 Å². The first kappa shape index (κ1) is 20.7. The third kappa shape index (κ3) is 5.50. The molecular weight excluding hydrogens is 405 g/mol. The minimum Gasteiger partial charge on any atom is -0.493 e. The molecule has 1 saturated carbocycles. The number of aromatic nitrogens is 1. The van der Waals surface area contributed by atoms with Crippen LogP contribution >= 0.6 is 23.2 Å². The number of carbonyl (C=O) groups is 1. The van der Waals surface area contributed by atoms with E-state index in [1.165, 1.54) is 13.3 Å². The maximum Gasteiger partial charge on any atom is 0.306 e. The van der Waals surface area contributed by atoms with Crippen molar-refractivity contribution in [1.82, 2.24) is 4.98 Å². The van der Waals surface area contributed by atoms with Crippen LogP contribution in [0.1, 0.15) is 30.9 Å². The predicted octanol–water partition coefficient (Wildman–Crippen LogP) is 4.79. The Morgan fingerprint density at radius 3 is 2.46 bits per heavy atom. The number of carboxylic acids is 1. The Labute approximate surface area is 173 Å². The zero-order chi connectivity index (χ0) is 20.1. The summed E-state index contributed by atoms with van der Waals surface area (Å²) < 4.78 is 16.9. The van der Waals surface area contributed by atoms with Crippen molar-refractivity contribution >= 4 is 29.2 Å². The Balaban J connectivity index is 1.52. The number of methoxy groups -OCH3 is 1. The van der Waals surface area contributed by atoms with Crippen LogP contribution in [-0.4, -0.2) is 36.4 Å². The second-order valence-electron chi connectivity index (χ2n) is 6.91. The van der Waals surface area contributed by atoms with Gasteiger partial charge in [-0.15, -0.1) is 0 Å². The highest BCUT2D eigenvalue weighted by molar-refractivity contribution is 6.35. The molecule has 0 amide bonds. The molecule has 1 unspecified atom stereocenters. The van der Waals surface area contributed by atoms with Crippen LogP contribution in [0, 0.1) is 5.41 Å². The van der Waals surface area contributed by atoms with E-state index in [2.05, 4.69) is 4.98 Å². The molecule has 1 fully saturated rings. The molecule has 1 heterocycles. The first-order valence-corrected chi connectivity index (χ1v) is 9.58. The Hall–Kier alpha value is -2.02. The lowest BCUT2D eigenvalue weighted by molar-refractivity contribution is -0.139. The molecule has 1 N–H and O–H groups in total. The van der Waals surface area contributed by atoms with Gasteiger partial charge in [-0.25, -0.2) is 4.98 Å². The summed E-state index contributed by atoms with van der Waals surface area (Å²) in [6.07, 6.45) is 2.93. The van der Waals surface area contributed by atoms with Crippen LogP contribution in [0.25, 0.3) is 0 Å². The first-order chi connectivity index (χ1) is 13.4. The van der Waals surface area contributed by atoms with E-state index < -0.39 is 12.1 Å². The van der Waals surface area contributed by atoms with E-state index in [0.29, 0.717) is 34.9 Å². The number of benzene rings is 1. The lowest BCUT2D eigenvalue weighted by atomic mass is 10.1. The summed E-state index contributed by atoms with van der Waals surface area (Å²) in [4.78, 5) is 15.0. The molecule has 0 saturated heterocycles. The van der Waals surface area contributed by atoms with Gasteiger partial charge < -0.3 is 19.3 Å². The number of hydrogen-bond donors (Lipinski definition) is 1. The van der Waals surface area contributed by atoms with Crippen molar-refractivity contribution in [1.29, 1.82) is 0 Å². The number of ether oxygens (including phenoxy) is 3. The van der Waals surface area contributed by atoms with Crippen molar-refractivity contribution in [2.45, 2.75) is 25.4 Å². The summed E-state index contributed by atoms with van der Waals surface area (Å²) in [5, 5.41) is 9.78. The van der Waals surface area contributed by atoms with Crippen LogP contribution in [0.15, 0.2) is 36.5 Å². The summed E-state index contributed by atoms with van der Waals surface area (Å²) >= 11 is 11.9. The number of pyridine rings is 1. The van der Waals surface area contributed by atoms with Crippen molar-refractivity contribution in [3.05, 3.63) is 52.1 Å². The minimum absolute atomic E-state index is 0.0539. The molecule has 0 spiro atoms. The fourth-order valence-corrected chi connectivity index (χ4v) is 3.18. The van der Waals surface area contributed by atoms with Gasteiger partial charge in [-0.3, -0.25) is 4.79 Å². The molecule has 1 aliphatic rings. The molecule has 1 aromatic heterocycles. The number of rotatable bonds is 10. The molecule has 0 aliphatic heterocycles. The number of carboxylic acid groups (broad SMARTS) is 1. The molecular formula is C20H21Cl2NO5. The standard InChI is InChI=1S/C20H21Cl2NO5/c1-26-17(9-18(24)25)13-2-4-15(5-3-13)27-11-20(6-7-20)12-28-19-16(22)8-14(21)10-23-19/h2-5,8,10,17H,6-7,9,11-12H2,1H3,(H,24,25). The van der Waals surface area contributed by atoms with Crippen molar-refractivity contribution < 1.29 is 24.1 Å². The molecule has 150 valence electrons. The monoisotopic (exact) mass is 425 g/mol. The molecule has 1 atom stereocenters. The summed E-state index contributed by atoms with van der Waals surface area (Å²) in [6, 6.07) is 8.87. The quantitative estimate of drug-likeness (QED) is 0.589. The van der Waals surface area contributed by atoms with Gasteiger partial charge >= 0.3 is 5.97 Å². The topological polar surface area (TPSA) is 77.9 Å². The van der Waals surface area contributed by atoms with Gasteiger partial charge in [0.2, 0.25) is 5.88 Å². The van der Waals surface area contributed by atoms with Crippen molar-refractivity contribution in [3.63, 3.8) is 0 Å². The summed E-state index contributed by atoms with van der Waals surface area (Å²) in [6.45, 7) is 0.976. The van der Waals surface area contributed by atoms with E-state index in [4.69, 9.17) is 42.5 Å². The Kier molecular flexibility index (Phi) is 6.65. The van der Waals surface area contributed by atoms with E-state index in [1.54, 1.807) is 6.07 Å². The second kappa shape index (κ2) is 8.99. The lowest BCUT2D eigenvalue weighted by Gasteiger charge is -2.18. The van der Waals surface area contributed by atoms with Crippen LogP contribution in [0.2, 0.25) is 10.0 Å². The SMILES string of the molecule is COC(CC(=O)O)c1ccc(OCC2(COc3ncc(Cl)cc3Cl)CC2)cc1. The van der Waals surface area contributed by atoms with Gasteiger partial charge in [0, 0.05) is 18.7 Å². The average Bonchev–Trinajstić information content (AvgIpc) is 3.44. The smallest absolute Gasteiger partial charge is 0.306 e. The highest BCUT2D eigenvalue weighted by Gasteiger charge is 2.44. The van der Waals surface area contributed by atoms with Crippen LogP contribution in [0.3, 0.4) is 0 Å². The second-order valence-corrected chi connectivity index (χ2v) is 7.75. The van der Waals surface area contributed by atoms with Crippen LogP contribution < -0.4 is 9.47 Å². The molecule has 28 heavy (non-hydrogen) atoms. The molecule has 0 radical (unpaired) electrons. The van der Waals surface area contributed by atoms with Gasteiger partial charge in [0.25, 0.3) is 0 Å². The zero-order valence-electron chi connectivity index (χ0n) is 15.4. The summed E-state index contributed by atoms with van der Waals surface area (Å²) in [5.74, 6) is 0.173. The fourth-order valence-electron chi connectivity index (χ4n) is 2.75. The van der Waals surface area contributed by atoms with Gasteiger partial charge in [-0.2, -0.15) is 0 Å². The zero-order valence-corrected chi connectivity index (χ0v) is 16.9. The number of halogens is 2. The maximum absolute atomic E-state index is 10.9. The van der Waals surface area contributed by atoms with E-state index in [0.717, 1.165) is 18.4 Å². The van der Waals surface area contributed by atoms with Crippen LogP contribution in [0.4, 0.5) is 0 Å². The van der Waals surface area contributed by atoms with Gasteiger partial charge in [0.1, 0.15) is 10.8 Å². The largest absolute Gasteiger partial charge is 0.493 e. The molecule has 6 nitrogen and oxygen atoms in total. The number of aliphatic carboxylic acids is 1. The molecule has 2 aromatic rings. The highest BCUT2D eigenvalue weighted by Crippen LogP contribution is 2.46. The Morgan fingerprint density at radius 1 is 1.21 bits per heavy atom. The summed E-state index contributed by atoms with van der Waals surface area (Å²) in [5.41, 5.74) is 0.743. The Morgan fingerprint density at radius 2 is 1.89 bits per heavy atom. The Bertz CT molecular complexity index is 824. The molecule has 3 rings (SSSR count). The van der Waals surface area contributed by atoms with E-state index in [1.807, 2.05) is 24.3 Å². The van der Waals surface area contributed by atoms with Crippen molar-refractivity contribution in [2.24, 2.45) is 5.41 Å². The van der Waals surface area contributed by atoms with Gasteiger partial charge in [-0.1, -0.05) is 35.3 Å². The van der Waals surface area contributed by atoms with Gasteiger partial charge in [0.05, 0.1) is 30.8 Å². The van der Waals surface area contributed by atoms with Crippen molar-refractivity contribution in [3.8, 4) is 11.6 Å². The van der Waals surface area contributed by atoms with E-state index in [-0.39, 0.29) is 11.8 Å². The highest BCUT2D eigenvalue weighted by atomic mass is 35.5. The number of hydrogen-bond acceptors (Lipinski definition) is 5. The van der Waals surface area contributed by atoms with Crippen LogP contribution in [0.5, 0.6) is 11.6 Å². The molecule has 8 heteroatoms. The normalized spacial score (nSPS) is 15.7. The van der Waals surface area contributed by atoms with Gasteiger partial charge in [0.15, 0.2) is 0 Å².